The first-order valence-electron chi connectivity index (χ1n) is 5.45. The number of fused-ring (bicyclic) bond motifs is 1. The lowest BCUT2D eigenvalue weighted by Crippen LogP contribution is -2.16. The maximum atomic E-state index is 11.9. The van der Waals surface area contributed by atoms with Crippen molar-refractivity contribution in [3.8, 4) is 5.75 Å². The average molecular weight is 288 g/mol. The molecule has 0 atom stereocenters. The Morgan fingerprint density at radius 3 is 2.42 bits per heavy atom. The molecule has 0 radical (unpaired) electrons. The van der Waals surface area contributed by atoms with Gasteiger partial charge in [0.25, 0.3) is 0 Å². The van der Waals surface area contributed by atoms with Crippen LogP contribution in [0.25, 0.3) is 10.8 Å². The molecule has 0 saturated carbocycles. The van der Waals surface area contributed by atoms with E-state index in [1.54, 1.807) is 24.3 Å². The molecule has 0 bridgehead atoms. The van der Waals surface area contributed by atoms with Crippen molar-refractivity contribution in [2.45, 2.75) is 11.1 Å². The van der Waals surface area contributed by atoms with Crippen molar-refractivity contribution in [2.24, 2.45) is 0 Å². The van der Waals surface area contributed by atoms with E-state index in [4.69, 9.17) is 0 Å². The molecular weight excluding hydrogens is 277 g/mol. The third-order valence-corrected chi connectivity index (χ3v) is 3.38. The van der Waals surface area contributed by atoms with Crippen LogP contribution in [0, 0.1) is 0 Å². The predicted molar refractivity (Wildman–Crippen MR) is 68.3 cm³/mol. The second-order valence-electron chi connectivity index (χ2n) is 3.85. The minimum atomic E-state index is -4.31. The molecule has 0 fully saturated rings. The molecule has 2 nitrogen and oxygen atoms in total. The Morgan fingerprint density at radius 1 is 1.05 bits per heavy atom. The van der Waals surface area contributed by atoms with E-state index in [2.05, 4.69) is 4.74 Å². The molecule has 1 N–H and O–H groups in total. The second-order valence-corrected chi connectivity index (χ2v) is 4.82. The minimum Gasteiger partial charge on any atom is -0.507 e. The molecule has 0 aliphatic heterocycles. The Labute approximate surface area is 112 Å². The number of alkyl halides is 3. The van der Waals surface area contributed by atoms with E-state index < -0.39 is 12.8 Å². The number of phenolic OH excluding ortho intramolecular Hbond substituents is 1. The smallest absolute Gasteiger partial charge is 0.411 e. The third kappa shape index (κ3) is 3.78. The van der Waals surface area contributed by atoms with Gasteiger partial charge in [-0.2, -0.15) is 13.2 Å². The number of halogens is 3. The van der Waals surface area contributed by atoms with E-state index in [0.717, 1.165) is 10.3 Å². The Morgan fingerprint density at radius 2 is 1.74 bits per heavy atom. The summed E-state index contributed by atoms with van der Waals surface area (Å²) in [6.07, 6.45) is -4.31. The molecule has 0 aliphatic carbocycles. The van der Waals surface area contributed by atoms with Crippen molar-refractivity contribution in [1.82, 2.24) is 0 Å². The van der Waals surface area contributed by atoms with Crippen LogP contribution in [-0.2, 0) is 4.74 Å². The SMILES string of the molecule is Oc1ccc(SCOCC(F)(F)F)c2ccccc12. The average Bonchev–Trinajstić information content (AvgIpc) is 2.36. The summed E-state index contributed by atoms with van der Waals surface area (Å²) in [4.78, 5) is 0.774. The zero-order valence-corrected chi connectivity index (χ0v) is 10.6. The van der Waals surface area contributed by atoms with Gasteiger partial charge in [-0.3, -0.25) is 0 Å². The number of ether oxygens (including phenoxy) is 1. The molecule has 0 amide bonds. The second kappa shape index (κ2) is 5.71. The fraction of sp³-hybridized carbons (Fsp3) is 0.231. The zero-order valence-electron chi connectivity index (χ0n) is 9.78. The molecule has 0 aliphatic rings. The standard InChI is InChI=1S/C13H11F3O2S/c14-13(15,16)7-18-8-19-12-6-5-11(17)9-3-1-2-4-10(9)12/h1-6,17H,7-8H2. The third-order valence-electron chi connectivity index (χ3n) is 2.42. The molecule has 2 aromatic carbocycles. The molecule has 6 heteroatoms. The van der Waals surface area contributed by atoms with Crippen molar-refractivity contribution in [3.05, 3.63) is 36.4 Å². The Hall–Kier alpha value is -1.40. The quantitative estimate of drug-likeness (QED) is 0.520. The van der Waals surface area contributed by atoms with Gasteiger partial charge in [-0.15, -0.1) is 0 Å². The van der Waals surface area contributed by atoms with Gasteiger partial charge in [0, 0.05) is 10.3 Å². The van der Waals surface area contributed by atoms with Gasteiger partial charge in [-0.25, -0.2) is 0 Å². The number of hydrogen-bond acceptors (Lipinski definition) is 3. The van der Waals surface area contributed by atoms with Gasteiger partial charge in [-0.05, 0) is 17.5 Å². The normalized spacial score (nSPS) is 11.9. The lowest BCUT2D eigenvalue weighted by Gasteiger charge is -2.09. The number of phenols is 1. The van der Waals surface area contributed by atoms with Crippen molar-refractivity contribution in [3.63, 3.8) is 0 Å². The first kappa shape index (κ1) is 14.0. The summed E-state index contributed by atoms with van der Waals surface area (Å²) in [5, 5.41) is 11.1. The molecule has 0 aromatic heterocycles. The Kier molecular flexibility index (Phi) is 4.21. The van der Waals surface area contributed by atoms with E-state index in [-0.39, 0.29) is 11.7 Å². The topological polar surface area (TPSA) is 29.5 Å². The summed E-state index contributed by atoms with van der Waals surface area (Å²) >= 11 is 1.17. The lowest BCUT2D eigenvalue weighted by molar-refractivity contribution is -0.168. The molecule has 0 unspecified atom stereocenters. The van der Waals surface area contributed by atoms with Crippen LogP contribution < -0.4 is 0 Å². The van der Waals surface area contributed by atoms with E-state index >= 15 is 0 Å². The van der Waals surface area contributed by atoms with E-state index in [1.807, 2.05) is 6.07 Å². The summed E-state index contributed by atoms with van der Waals surface area (Å²) in [7, 11) is 0. The van der Waals surface area contributed by atoms with Crippen molar-refractivity contribution in [1.29, 1.82) is 0 Å². The summed E-state index contributed by atoms with van der Waals surface area (Å²) < 4.78 is 40.3. The maximum absolute atomic E-state index is 11.9. The number of aromatic hydroxyl groups is 1. The highest BCUT2D eigenvalue weighted by Crippen LogP contribution is 2.33. The van der Waals surface area contributed by atoms with Crippen LogP contribution in [0.3, 0.4) is 0 Å². The molecule has 2 aromatic rings. The molecule has 19 heavy (non-hydrogen) atoms. The summed E-state index contributed by atoms with van der Waals surface area (Å²) in [5.41, 5.74) is 0. The molecule has 0 saturated heterocycles. The van der Waals surface area contributed by atoms with Gasteiger partial charge in [0.05, 0.1) is 5.94 Å². The van der Waals surface area contributed by atoms with Gasteiger partial charge in [0.15, 0.2) is 0 Å². The van der Waals surface area contributed by atoms with Gasteiger partial charge in [0.2, 0.25) is 0 Å². The van der Waals surface area contributed by atoms with Crippen LogP contribution in [0.1, 0.15) is 0 Å². The first-order valence-corrected chi connectivity index (χ1v) is 6.44. The molecule has 0 spiro atoms. The van der Waals surface area contributed by atoms with Crippen LogP contribution in [-0.4, -0.2) is 23.8 Å². The first-order chi connectivity index (χ1) is 8.97. The van der Waals surface area contributed by atoms with Gasteiger partial charge in [-0.1, -0.05) is 36.0 Å². The monoisotopic (exact) mass is 288 g/mol. The number of benzene rings is 2. The summed E-state index contributed by atoms with van der Waals surface area (Å²) in [6, 6.07) is 10.3. The summed E-state index contributed by atoms with van der Waals surface area (Å²) in [5.74, 6) is 0.0602. The van der Waals surface area contributed by atoms with Gasteiger partial charge < -0.3 is 9.84 Å². The van der Waals surface area contributed by atoms with E-state index in [9.17, 15) is 18.3 Å². The Bertz CT molecular complexity index is 569. The van der Waals surface area contributed by atoms with Crippen molar-refractivity contribution in [2.75, 3.05) is 12.5 Å². The highest BCUT2D eigenvalue weighted by molar-refractivity contribution is 7.99. The fourth-order valence-electron chi connectivity index (χ4n) is 1.64. The fourth-order valence-corrected chi connectivity index (χ4v) is 2.44. The molecule has 102 valence electrons. The van der Waals surface area contributed by atoms with Crippen molar-refractivity contribution >= 4 is 22.5 Å². The largest absolute Gasteiger partial charge is 0.507 e. The van der Waals surface area contributed by atoms with E-state index in [1.165, 1.54) is 17.8 Å². The van der Waals surface area contributed by atoms with Gasteiger partial charge >= 0.3 is 6.18 Å². The predicted octanol–water partition coefficient (Wildman–Crippen LogP) is 4.17. The highest BCUT2D eigenvalue weighted by atomic mass is 32.2. The highest BCUT2D eigenvalue weighted by Gasteiger charge is 2.27. The molecular formula is C13H11F3O2S. The lowest BCUT2D eigenvalue weighted by atomic mass is 10.1. The van der Waals surface area contributed by atoms with Gasteiger partial charge in [0.1, 0.15) is 12.4 Å². The van der Waals surface area contributed by atoms with E-state index in [0.29, 0.717) is 5.39 Å². The number of thioether (sulfide) groups is 1. The van der Waals surface area contributed by atoms with Crippen LogP contribution >= 0.6 is 11.8 Å². The van der Waals surface area contributed by atoms with Crippen LogP contribution in [0.2, 0.25) is 0 Å². The summed E-state index contributed by atoms with van der Waals surface area (Å²) in [6.45, 7) is -1.25. The Balaban J connectivity index is 2.07. The number of hydrogen-bond donors (Lipinski definition) is 1. The zero-order chi connectivity index (χ0) is 13.9. The molecule has 0 heterocycles. The van der Waals surface area contributed by atoms with Crippen LogP contribution in [0.15, 0.2) is 41.3 Å². The maximum Gasteiger partial charge on any atom is 0.411 e. The van der Waals surface area contributed by atoms with Crippen LogP contribution in [0.5, 0.6) is 5.75 Å². The molecule has 2 rings (SSSR count). The minimum absolute atomic E-state index is 0.0890. The van der Waals surface area contributed by atoms with Crippen LogP contribution in [0.4, 0.5) is 13.2 Å². The van der Waals surface area contributed by atoms with Crippen molar-refractivity contribution < 1.29 is 23.0 Å². The number of rotatable bonds is 4.